The lowest BCUT2D eigenvalue weighted by Gasteiger charge is -2.30. The molecule has 2 N–H and O–H groups in total. The standard InChI is InChI=1S/C14H27N3O3/c1-5-10(2)12(13(18)19)15-14(20)17-8-6-7-16(4)9-11(17)3/h10-12H,5-9H2,1-4H3,(H,15,20)(H,18,19)/t10-,11?,12-/m0/s1. The van der Waals surface area contributed by atoms with Crippen molar-refractivity contribution in [2.45, 2.75) is 45.7 Å². The predicted molar refractivity (Wildman–Crippen MR) is 77.7 cm³/mol. The minimum atomic E-state index is -0.965. The average molecular weight is 285 g/mol. The molecule has 0 aromatic heterocycles. The van der Waals surface area contributed by atoms with Crippen LogP contribution in [0.3, 0.4) is 0 Å². The summed E-state index contributed by atoms with van der Waals surface area (Å²) in [5.41, 5.74) is 0. The van der Waals surface area contributed by atoms with E-state index in [2.05, 4.69) is 10.2 Å². The molecule has 1 rings (SSSR count). The van der Waals surface area contributed by atoms with Gasteiger partial charge >= 0.3 is 12.0 Å². The Labute approximate surface area is 121 Å². The first kappa shape index (κ1) is 16.8. The molecule has 1 aliphatic heterocycles. The molecular weight excluding hydrogens is 258 g/mol. The number of likely N-dealkylation sites (N-methyl/N-ethyl adjacent to an activating group) is 1. The third-order valence-corrected chi connectivity index (χ3v) is 4.07. The van der Waals surface area contributed by atoms with Crippen LogP contribution in [-0.2, 0) is 4.79 Å². The molecule has 0 spiro atoms. The van der Waals surface area contributed by atoms with E-state index in [0.717, 1.165) is 25.9 Å². The molecule has 1 fully saturated rings. The van der Waals surface area contributed by atoms with E-state index in [-0.39, 0.29) is 18.0 Å². The molecule has 0 aliphatic carbocycles. The highest BCUT2D eigenvalue weighted by Gasteiger charge is 2.30. The summed E-state index contributed by atoms with van der Waals surface area (Å²) in [6.07, 6.45) is 1.63. The van der Waals surface area contributed by atoms with Gasteiger partial charge in [-0.1, -0.05) is 20.3 Å². The highest BCUT2D eigenvalue weighted by molar-refractivity contribution is 5.83. The van der Waals surface area contributed by atoms with E-state index in [1.54, 1.807) is 4.90 Å². The summed E-state index contributed by atoms with van der Waals surface area (Å²) in [6, 6.07) is -0.991. The number of urea groups is 1. The number of nitrogens with zero attached hydrogens (tertiary/aromatic N) is 2. The van der Waals surface area contributed by atoms with E-state index in [9.17, 15) is 14.7 Å². The molecule has 2 amide bonds. The number of rotatable bonds is 4. The lowest BCUT2D eigenvalue weighted by molar-refractivity contribution is -0.140. The normalized spacial score (nSPS) is 23.8. The summed E-state index contributed by atoms with van der Waals surface area (Å²) in [5, 5.41) is 11.9. The number of carboxylic acid groups (broad SMARTS) is 1. The van der Waals surface area contributed by atoms with E-state index < -0.39 is 12.0 Å². The summed E-state index contributed by atoms with van der Waals surface area (Å²) in [4.78, 5) is 27.6. The molecule has 0 radical (unpaired) electrons. The first-order valence-corrected chi connectivity index (χ1v) is 7.35. The van der Waals surface area contributed by atoms with Crippen LogP contribution in [0.4, 0.5) is 4.79 Å². The number of hydrogen-bond acceptors (Lipinski definition) is 3. The molecule has 3 atom stereocenters. The Morgan fingerprint density at radius 2 is 2.05 bits per heavy atom. The second kappa shape index (κ2) is 7.47. The smallest absolute Gasteiger partial charge is 0.326 e. The van der Waals surface area contributed by atoms with Gasteiger partial charge in [-0.05, 0) is 32.9 Å². The number of carbonyl (C=O) groups is 2. The predicted octanol–water partition coefficient (Wildman–Crippen LogP) is 1.22. The van der Waals surface area contributed by atoms with Crippen LogP contribution in [0.1, 0.15) is 33.6 Å². The fourth-order valence-corrected chi connectivity index (χ4v) is 2.57. The van der Waals surface area contributed by atoms with E-state index in [0.29, 0.717) is 6.54 Å². The van der Waals surface area contributed by atoms with Gasteiger partial charge in [0.1, 0.15) is 6.04 Å². The number of carboxylic acids is 1. The Kier molecular flexibility index (Phi) is 6.26. The first-order chi connectivity index (χ1) is 9.36. The van der Waals surface area contributed by atoms with E-state index in [4.69, 9.17) is 0 Å². The van der Waals surface area contributed by atoms with Gasteiger partial charge in [-0.25, -0.2) is 9.59 Å². The number of hydrogen-bond donors (Lipinski definition) is 2. The summed E-state index contributed by atoms with van der Waals surface area (Å²) < 4.78 is 0. The topological polar surface area (TPSA) is 72.9 Å². The van der Waals surface area contributed by atoms with Crippen LogP contribution < -0.4 is 5.32 Å². The molecule has 6 nitrogen and oxygen atoms in total. The number of nitrogens with one attached hydrogen (secondary N) is 1. The molecule has 0 saturated carbocycles. The minimum absolute atomic E-state index is 0.0820. The Balaban J connectivity index is 2.70. The summed E-state index contributed by atoms with van der Waals surface area (Å²) in [5.74, 6) is -1.05. The fraction of sp³-hybridized carbons (Fsp3) is 0.857. The zero-order chi connectivity index (χ0) is 15.3. The van der Waals surface area contributed by atoms with Crippen molar-refractivity contribution in [1.29, 1.82) is 0 Å². The molecule has 6 heteroatoms. The van der Waals surface area contributed by atoms with Gasteiger partial charge in [0, 0.05) is 19.1 Å². The van der Waals surface area contributed by atoms with Gasteiger partial charge < -0.3 is 20.2 Å². The molecule has 0 aromatic carbocycles. The third-order valence-electron chi connectivity index (χ3n) is 4.07. The number of amides is 2. The molecule has 1 heterocycles. The number of carbonyl (C=O) groups excluding carboxylic acids is 1. The molecule has 1 aliphatic rings. The van der Waals surface area contributed by atoms with Crippen LogP contribution in [0.15, 0.2) is 0 Å². The van der Waals surface area contributed by atoms with Crippen LogP contribution in [0.25, 0.3) is 0 Å². The zero-order valence-electron chi connectivity index (χ0n) is 12.9. The van der Waals surface area contributed by atoms with Gasteiger partial charge in [-0.15, -0.1) is 0 Å². The Morgan fingerprint density at radius 1 is 1.40 bits per heavy atom. The Hall–Kier alpha value is -1.30. The van der Waals surface area contributed by atoms with E-state index >= 15 is 0 Å². The molecule has 1 saturated heterocycles. The highest BCUT2D eigenvalue weighted by Crippen LogP contribution is 2.12. The Bertz CT molecular complexity index is 349. The van der Waals surface area contributed by atoms with Crippen molar-refractivity contribution in [3.8, 4) is 0 Å². The van der Waals surface area contributed by atoms with Crippen molar-refractivity contribution < 1.29 is 14.7 Å². The lowest BCUT2D eigenvalue weighted by atomic mass is 9.99. The minimum Gasteiger partial charge on any atom is -0.480 e. The fourth-order valence-electron chi connectivity index (χ4n) is 2.57. The maximum absolute atomic E-state index is 12.3. The van der Waals surface area contributed by atoms with Crippen molar-refractivity contribution in [3.05, 3.63) is 0 Å². The van der Waals surface area contributed by atoms with E-state index in [1.165, 1.54) is 0 Å². The summed E-state index contributed by atoms with van der Waals surface area (Å²) >= 11 is 0. The monoisotopic (exact) mass is 285 g/mol. The maximum Gasteiger partial charge on any atom is 0.326 e. The van der Waals surface area contributed by atoms with Crippen molar-refractivity contribution in [3.63, 3.8) is 0 Å². The quantitative estimate of drug-likeness (QED) is 0.814. The highest BCUT2D eigenvalue weighted by atomic mass is 16.4. The first-order valence-electron chi connectivity index (χ1n) is 7.35. The lowest BCUT2D eigenvalue weighted by Crippen LogP contribution is -2.53. The van der Waals surface area contributed by atoms with Gasteiger partial charge in [0.2, 0.25) is 0 Å². The van der Waals surface area contributed by atoms with Gasteiger partial charge in [0.05, 0.1) is 0 Å². The second-order valence-electron chi connectivity index (χ2n) is 5.81. The van der Waals surface area contributed by atoms with Crippen molar-refractivity contribution in [2.24, 2.45) is 5.92 Å². The summed E-state index contributed by atoms with van der Waals surface area (Å²) in [6.45, 7) is 8.22. The van der Waals surface area contributed by atoms with Gasteiger partial charge in [-0.2, -0.15) is 0 Å². The van der Waals surface area contributed by atoms with Gasteiger partial charge in [0.15, 0.2) is 0 Å². The molecule has 0 bridgehead atoms. The van der Waals surface area contributed by atoms with Crippen LogP contribution in [-0.4, -0.2) is 65.7 Å². The Morgan fingerprint density at radius 3 is 2.60 bits per heavy atom. The van der Waals surface area contributed by atoms with Crippen molar-refractivity contribution >= 4 is 12.0 Å². The second-order valence-corrected chi connectivity index (χ2v) is 5.81. The average Bonchev–Trinajstić information content (AvgIpc) is 2.55. The molecule has 20 heavy (non-hydrogen) atoms. The van der Waals surface area contributed by atoms with Crippen LogP contribution >= 0.6 is 0 Å². The molecule has 116 valence electrons. The van der Waals surface area contributed by atoms with Crippen molar-refractivity contribution in [1.82, 2.24) is 15.1 Å². The van der Waals surface area contributed by atoms with Crippen molar-refractivity contribution in [2.75, 3.05) is 26.7 Å². The maximum atomic E-state index is 12.3. The zero-order valence-corrected chi connectivity index (χ0v) is 12.9. The third kappa shape index (κ3) is 4.37. The van der Waals surface area contributed by atoms with Crippen LogP contribution in [0.5, 0.6) is 0 Å². The van der Waals surface area contributed by atoms with Crippen LogP contribution in [0.2, 0.25) is 0 Å². The number of aliphatic carboxylic acids is 1. The van der Waals surface area contributed by atoms with Gasteiger partial charge in [-0.3, -0.25) is 0 Å². The molecule has 1 unspecified atom stereocenters. The van der Waals surface area contributed by atoms with Gasteiger partial charge in [0.25, 0.3) is 0 Å². The molecule has 0 aromatic rings. The van der Waals surface area contributed by atoms with E-state index in [1.807, 2.05) is 27.8 Å². The largest absolute Gasteiger partial charge is 0.480 e. The molecular formula is C14H27N3O3. The summed E-state index contributed by atoms with van der Waals surface area (Å²) in [7, 11) is 2.04. The SMILES string of the molecule is CC[C@H](C)[C@H](NC(=O)N1CCCN(C)CC1C)C(=O)O. The van der Waals surface area contributed by atoms with Crippen LogP contribution in [0, 0.1) is 5.92 Å².